The van der Waals surface area contributed by atoms with Crippen molar-refractivity contribution < 1.29 is 9.53 Å². The molecule has 0 atom stereocenters. The Morgan fingerprint density at radius 3 is 1.81 bits per heavy atom. The quantitative estimate of drug-likeness (QED) is 0.432. The molecular weight excluding hydrogens is 320 g/mol. The van der Waals surface area contributed by atoms with Gasteiger partial charge in [0.05, 0.1) is 12.7 Å². The van der Waals surface area contributed by atoms with Gasteiger partial charge in [0.25, 0.3) is 0 Å². The molecule has 128 valence electrons. The molecule has 0 fully saturated rings. The molecule has 0 aliphatic rings. The van der Waals surface area contributed by atoms with Crippen LogP contribution in [0, 0.1) is 0 Å². The molecule has 0 radical (unpaired) electrons. The smallest absolute Gasteiger partial charge is 0.338 e. The number of hydrogen-bond acceptors (Lipinski definition) is 2. The molecule has 0 N–H and O–H groups in total. The van der Waals surface area contributed by atoms with E-state index in [0.29, 0.717) is 5.56 Å². The fraction of sp³-hybridized carbons (Fsp3) is 0.0417. The minimum Gasteiger partial charge on any atom is -0.465 e. The highest BCUT2D eigenvalue weighted by atomic mass is 16.5. The highest BCUT2D eigenvalue weighted by Gasteiger charge is 2.10. The van der Waals surface area contributed by atoms with E-state index in [1.165, 1.54) is 7.11 Å². The number of methoxy groups -OCH3 is 1. The van der Waals surface area contributed by atoms with E-state index in [1.54, 1.807) is 0 Å². The van der Waals surface area contributed by atoms with Crippen LogP contribution in [0.1, 0.15) is 32.6 Å². The summed E-state index contributed by atoms with van der Waals surface area (Å²) in [6.45, 7) is 0. The van der Waals surface area contributed by atoms with Gasteiger partial charge in [0, 0.05) is 0 Å². The zero-order chi connectivity index (χ0) is 18.2. The predicted molar refractivity (Wildman–Crippen MR) is 109 cm³/mol. The van der Waals surface area contributed by atoms with Crippen LogP contribution < -0.4 is 0 Å². The van der Waals surface area contributed by atoms with E-state index in [2.05, 4.69) is 0 Å². The monoisotopic (exact) mass is 340 g/mol. The molecule has 0 heterocycles. The van der Waals surface area contributed by atoms with Gasteiger partial charge in [-0.1, -0.05) is 97.1 Å². The maximum absolute atomic E-state index is 12.2. The molecule has 0 unspecified atom stereocenters. The summed E-state index contributed by atoms with van der Waals surface area (Å²) in [6.07, 6.45) is 7.94. The second kappa shape index (κ2) is 8.63. The molecule has 2 heteroatoms. The van der Waals surface area contributed by atoms with E-state index in [9.17, 15) is 4.79 Å². The van der Waals surface area contributed by atoms with Crippen molar-refractivity contribution in [2.45, 2.75) is 0 Å². The fourth-order valence-electron chi connectivity index (χ4n) is 2.62. The summed E-state index contributed by atoms with van der Waals surface area (Å²) in [6, 6.07) is 25.8. The number of carbonyl (C=O) groups is 1. The molecule has 0 aromatic heterocycles. The summed E-state index contributed by atoms with van der Waals surface area (Å²) in [7, 11) is 1.40. The van der Waals surface area contributed by atoms with Crippen molar-refractivity contribution in [2.24, 2.45) is 0 Å². The van der Waals surface area contributed by atoms with Gasteiger partial charge in [0.2, 0.25) is 0 Å². The number of ether oxygens (including phenoxy) is 1. The van der Waals surface area contributed by atoms with Gasteiger partial charge < -0.3 is 4.74 Å². The maximum atomic E-state index is 12.2. The van der Waals surface area contributed by atoms with Crippen LogP contribution in [0.2, 0.25) is 0 Å². The molecule has 0 aliphatic heterocycles. The lowest BCUT2D eigenvalue weighted by Crippen LogP contribution is -2.04. The third-order valence-corrected chi connectivity index (χ3v) is 4.01. The number of hydrogen-bond donors (Lipinski definition) is 0. The number of benzene rings is 3. The van der Waals surface area contributed by atoms with Crippen LogP contribution in [0.15, 0.2) is 78.9 Å². The SMILES string of the molecule is COC(=O)c1cc(/C=C/c2ccccc2)ccc1/C=C/c1ccccc1. The van der Waals surface area contributed by atoms with E-state index in [4.69, 9.17) is 4.74 Å². The lowest BCUT2D eigenvalue weighted by molar-refractivity contribution is 0.0600. The first-order valence-corrected chi connectivity index (χ1v) is 8.45. The van der Waals surface area contributed by atoms with Crippen molar-refractivity contribution >= 4 is 30.3 Å². The summed E-state index contributed by atoms with van der Waals surface area (Å²) in [5, 5.41) is 0. The van der Waals surface area contributed by atoms with Crippen molar-refractivity contribution in [1.82, 2.24) is 0 Å². The van der Waals surface area contributed by atoms with E-state index in [0.717, 1.165) is 22.3 Å². The minimum atomic E-state index is -0.340. The Morgan fingerprint density at radius 2 is 1.23 bits per heavy atom. The Morgan fingerprint density at radius 1 is 0.692 bits per heavy atom. The average Bonchev–Trinajstić information content (AvgIpc) is 2.72. The Hall–Kier alpha value is -3.39. The predicted octanol–water partition coefficient (Wildman–Crippen LogP) is 5.81. The number of esters is 1. The van der Waals surface area contributed by atoms with Crippen molar-refractivity contribution in [3.8, 4) is 0 Å². The highest BCUT2D eigenvalue weighted by molar-refractivity contribution is 5.95. The van der Waals surface area contributed by atoms with Gasteiger partial charge in [-0.15, -0.1) is 0 Å². The first-order valence-electron chi connectivity index (χ1n) is 8.45. The van der Waals surface area contributed by atoms with Crippen molar-refractivity contribution in [3.63, 3.8) is 0 Å². The summed E-state index contributed by atoms with van der Waals surface area (Å²) in [5.74, 6) is -0.340. The van der Waals surface area contributed by atoms with Crippen LogP contribution in [0.25, 0.3) is 24.3 Å². The highest BCUT2D eigenvalue weighted by Crippen LogP contribution is 2.18. The standard InChI is InChI=1S/C24H20O2/c1-26-24(25)23-18-21(13-12-19-8-4-2-5-9-19)15-17-22(23)16-14-20-10-6-3-7-11-20/h2-18H,1H3/b13-12+,16-14+. The fourth-order valence-corrected chi connectivity index (χ4v) is 2.62. The lowest BCUT2D eigenvalue weighted by Gasteiger charge is -2.06. The zero-order valence-electron chi connectivity index (χ0n) is 14.6. The maximum Gasteiger partial charge on any atom is 0.338 e. The lowest BCUT2D eigenvalue weighted by atomic mass is 10.0. The van der Waals surface area contributed by atoms with Crippen molar-refractivity contribution in [1.29, 1.82) is 0 Å². The largest absolute Gasteiger partial charge is 0.465 e. The first-order chi connectivity index (χ1) is 12.8. The molecule has 0 aliphatic carbocycles. The molecule has 3 aromatic carbocycles. The second-order valence-corrected chi connectivity index (χ2v) is 5.83. The first kappa shape index (κ1) is 17.4. The van der Waals surface area contributed by atoms with E-state index >= 15 is 0 Å². The molecule has 3 aromatic rings. The van der Waals surface area contributed by atoms with Gasteiger partial charge in [-0.3, -0.25) is 0 Å². The Kier molecular flexibility index (Phi) is 5.79. The van der Waals surface area contributed by atoms with Gasteiger partial charge in [0.15, 0.2) is 0 Å². The number of rotatable bonds is 5. The Bertz CT molecular complexity index is 923. The van der Waals surface area contributed by atoms with Crippen LogP contribution in [0.4, 0.5) is 0 Å². The molecule has 2 nitrogen and oxygen atoms in total. The molecule has 26 heavy (non-hydrogen) atoms. The molecule has 3 rings (SSSR count). The Balaban J connectivity index is 1.89. The van der Waals surface area contributed by atoms with Crippen molar-refractivity contribution in [2.75, 3.05) is 7.11 Å². The van der Waals surface area contributed by atoms with Crippen LogP contribution in [0.5, 0.6) is 0 Å². The van der Waals surface area contributed by atoms with Gasteiger partial charge in [0.1, 0.15) is 0 Å². The van der Waals surface area contributed by atoms with Gasteiger partial charge >= 0.3 is 5.97 Å². The van der Waals surface area contributed by atoms with E-state index in [-0.39, 0.29) is 5.97 Å². The topological polar surface area (TPSA) is 26.3 Å². The number of carbonyl (C=O) groups excluding carboxylic acids is 1. The molecule has 0 bridgehead atoms. The van der Waals surface area contributed by atoms with Crippen LogP contribution >= 0.6 is 0 Å². The van der Waals surface area contributed by atoms with Gasteiger partial charge in [-0.2, -0.15) is 0 Å². The third-order valence-electron chi connectivity index (χ3n) is 4.01. The van der Waals surface area contributed by atoms with E-state index < -0.39 is 0 Å². The molecule has 0 saturated heterocycles. The summed E-state index contributed by atoms with van der Waals surface area (Å²) in [4.78, 5) is 12.2. The van der Waals surface area contributed by atoms with Crippen LogP contribution in [-0.2, 0) is 4.74 Å². The third kappa shape index (κ3) is 4.58. The normalized spacial score (nSPS) is 11.1. The average molecular weight is 340 g/mol. The summed E-state index contributed by atoms with van der Waals surface area (Å²) >= 11 is 0. The molecule has 0 amide bonds. The molecule has 0 spiro atoms. The molecule has 0 saturated carbocycles. The van der Waals surface area contributed by atoms with Gasteiger partial charge in [-0.05, 0) is 28.3 Å². The zero-order valence-corrected chi connectivity index (χ0v) is 14.6. The van der Waals surface area contributed by atoms with Crippen LogP contribution in [-0.4, -0.2) is 13.1 Å². The van der Waals surface area contributed by atoms with E-state index in [1.807, 2.05) is 103 Å². The summed E-state index contributed by atoms with van der Waals surface area (Å²) in [5.41, 5.74) is 4.52. The minimum absolute atomic E-state index is 0.340. The molecular formula is C24H20O2. The second-order valence-electron chi connectivity index (χ2n) is 5.83. The Labute approximate surface area is 154 Å². The summed E-state index contributed by atoms with van der Waals surface area (Å²) < 4.78 is 4.95. The van der Waals surface area contributed by atoms with Crippen molar-refractivity contribution in [3.05, 3.63) is 107 Å². The van der Waals surface area contributed by atoms with Crippen LogP contribution in [0.3, 0.4) is 0 Å². The van der Waals surface area contributed by atoms with Gasteiger partial charge in [-0.25, -0.2) is 4.79 Å².